The van der Waals surface area contributed by atoms with Crippen LogP contribution in [-0.2, 0) is 0 Å². The van der Waals surface area contributed by atoms with Gasteiger partial charge in [0, 0.05) is 18.0 Å². The standard InChI is InChI=1S/C18H12ClN3O4/c19-15-5-3-11(8-14(15)18(24)25)16-6-4-13(26-16)10-21-22-17(23)12-2-1-7-20-9-12/h1-10H,(H,22,23)(H,24,25)/b21-10+. The highest BCUT2D eigenvalue weighted by Gasteiger charge is 2.12. The number of amides is 1. The number of carbonyl (C=O) groups is 2. The number of benzene rings is 1. The van der Waals surface area contributed by atoms with E-state index in [0.29, 0.717) is 22.6 Å². The monoisotopic (exact) mass is 369 g/mol. The Morgan fingerprint density at radius 2 is 2.08 bits per heavy atom. The normalized spacial score (nSPS) is 10.8. The number of carboxylic acids is 1. The molecule has 7 nitrogen and oxygen atoms in total. The summed E-state index contributed by atoms with van der Waals surface area (Å²) in [5.41, 5.74) is 3.29. The first-order valence-corrected chi connectivity index (χ1v) is 7.79. The van der Waals surface area contributed by atoms with Crippen LogP contribution in [0.5, 0.6) is 0 Å². The van der Waals surface area contributed by atoms with Crippen molar-refractivity contribution in [3.8, 4) is 11.3 Å². The van der Waals surface area contributed by atoms with Crippen molar-refractivity contribution in [1.29, 1.82) is 0 Å². The SMILES string of the molecule is O=C(N/N=C/c1ccc(-c2ccc(Cl)c(C(=O)O)c2)o1)c1cccnc1. The van der Waals surface area contributed by atoms with Gasteiger partial charge < -0.3 is 9.52 Å². The van der Waals surface area contributed by atoms with Crippen LogP contribution in [-0.4, -0.2) is 28.2 Å². The number of rotatable bonds is 5. The second kappa shape index (κ2) is 7.62. The molecule has 0 aliphatic heterocycles. The Kier molecular flexibility index (Phi) is 5.09. The van der Waals surface area contributed by atoms with Crippen LogP contribution in [0.4, 0.5) is 0 Å². The fraction of sp³-hybridized carbons (Fsp3) is 0. The molecule has 1 amide bonds. The van der Waals surface area contributed by atoms with Gasteiger partial charge in [-0.1, -0.05) is 11.6 Å². The van der Waals surface area contributed by atoms with E-state index >= 15 is 0 Å². The van der Waals surface area contributed by atoms with E-state index in [1.165, 1.54) is 24.5 Å². The van der Waals surface area contributed by atoms with Gasteiger partial charge in [-0.15, -0.1) is 0 Å². The molecule has 2 heterocycles. The Morgan fingerprint density at radius 1 is 1.23 bits per heavy atom. The fourth-order valence-electron chi connectivity index (χ4n) is 2.14. The minimum absolute atomic E-state index is 0.0143. The molecule has 0 unspecified atom stereocenters. The molecule has 26 heavy (non-hydrogen) atoms. The summed E-state index contributed by atoms with van der Waals surface area (Å²) >= 11 is 5.86. The van der Waals surface area contributed by atoms with Crippen LogP contribution in [0.2, 0.25) is 5.02 Å². The van der Waals surface area contributed by atoms with Crippen molar-refractivity contribution in [3.05, 3.63) is 76.8 Å². The molecular weight excluding hydrogens is 358 g/mol. The lowest BCUT2D eigenvalue weighted by Gasteiger charge is -2.02. The zero-order valence-electron chi connectivity index (χ0n) is 13.2. The van der Waals surface area contributed by atoms with Crippen LogP contribution in [0.15, 0.2) is 64.4 Å². The van der Waals surface area contributed by atoms with Gasteiger partial charge in [0.15, 0.2) is 0 Å². The molecule has 0 spiro atoms. The Hall–Kier alpha value is -3.45. The zero-order valence-corrected chi connectivity index (χ0v) is 14.0. The number of hydrogen-bond donors (Lipinski definition) is 2. The maximum atomic E-state index is 11.8. The van der Waals surface area contributed by atoms with E-state index in [2.05, 4.69) is 15.5 Å². The number of hydrazone groups is 1. The highest BCUT2D eigenvalue weighted by atomic mass is 35.5. The maximum Gasteiger partial charge on any atom is 0.337 e. The zero-order chi connectivity index (χ0) is 18.5. The fourth-order valence-corrected chi connectivity index (χ4v) is 2.33. The Labute approximate surface area is 152 Å². The lowest BCUT2D eigenvalue weighted by molar-refractivity contribution is 0.0697. The van der Waals surface area contributed by atoms with Crippen LogP contribution in [0.1, 0.15) is 26.5 Å². The number of pyridine rings is 1. The van der Waals surface area contributed by atoms with Gasteiger partial charge in [-0.05, 0) is 42.5 Å². The third kappa shape index (κ3) is 3.96. The number of carboxylic acid groups (broad SMARTS) is 1. The van der Waals surface area contributed by atoms with Crippen LogP contribution in [0.25, 0.3) is 11.3 Å². The average Bonchev–Trinajstić information content (AvgIpc) is 3.11. The summed E-state index contributed by atoms with van der Waals surface area (Å²) in [5.74, 6) is -0.684. The summed E-state index contributed by atoms with van der Waals surface area (Å²) in [6, 6.07) is 11.1. The first kappa shape index (κ1) is 17.4. The molecular formula is C18H12ClN3O4. The molecule has 0 radical (unpaired) electrons. The van der Waals surface area contributed by atoms with Gasteiger partial charge in [-0.2, -0.15) is 5.10 Å². The number of halogens is 1. The van der Waals surface area contributed by atoms with Crippen molar-refractivity contribution in [2.24, 2.45) is 5.10 Å². The predicted octanol–water partition coefficient (Wildman–Crippen LogP) is 3.46. The van der Waals surface area contributed by atoms with Gasteiger partial charge in [0.2, 0.25) is 0 Å². The Bertz CT molecular complexity index is 983. The van der Waals surface area contributed by atoms with E-state index in [0.717, 1.165) is 0 Å². The second-order valence-corrected chi connectivity index (χ2v) is 5.55. The van der Waals surface area contributed by atoms with E-state index in [9.17, 15) is 9.59 Å². The van der Waals surface area contributed by atoms with E-state index in [1.807, 2.05) is 0 Å². The molecule has 2 N–H and O–H groups in total. The number of aromatic carboxylic acids is 1. The first-order valence-electron chi connectivity index (χ1n) is 7.41. The van der Waals surface area contributed by atoms with Crippen LogP contribution in [0.3, 0.4) is 0 Å². The van der Waals surface area contributed by atoms with E-state index < -0.39 is 11.9 Å². The van der Waals surface area contributed by atoms with Gasteiger partial charge in [0.25, 0.3) is 5.91 Å². The second-order valence-electron chi connectivity index (χ2n) is 5.14. The van der Waals surface area contributed by atoms with Crippen molar-refractivity contribution in [2.45, 2.75) is 0 Å². The predicted molar refractivity (Wildman–Crippen MR) is 95.4 cm³/mol. The third-order valence-corrected chi connectivity index (χ3v) is 3.72. The topological polar surface area (TPSA) is 105 Å². The number of carbonyl (C=O) groups excluding carboxylic acids is 1. The van der Waals surface area contributed by atoms with Gasteiger partial charge >= 0.3 is 5.97 Å². The lowest BCUT2D eigenvalue weighted by atomic mass is 10.1. The molecule has 0 saturated carbocycles. The number of furan rings is 1. The third-order valence-electron chi connectivity index (χ3n) is 3.39. The van der Waals surface area contributed by atoms with Crippen molar-refractivity contribution < 1.29 is 19.1 Å². The summed E-state index contributed by atoms with van der Waals surface area (Å²) in [4.78, 5) is 26.8. The number of nitrogens with zero attached hydrogens (tertiary/aromatic N) is 2. The van der Waals surface area contributed by atoms with Gasteiger partial charge in [-0.3, -0.25) is 9.78 Å². The van der Waals surface area contributed by atoms with Crippen LogP contribution in [0, 0.1) is 0 Å². The largest absolute Gasteiger partial charge is 0.478 e. The summed E-state index contributed by atoms with van der Waals surface area (Å²) in [5, 5.41) is 13.1. The molecule has 1 aromatic carbocycles. The molecule has 3 aromatic rings. The molecule has 0 bridgehead atoms. The molecule has 3 rings (SSSR count). The van der Waals surface area contributed by atoms with Crippen molar-refractivity contribution in [3.63, 3.8) is 0 Å². The van der Waals surface area contributed by atoms with E-state index in [-0.39, 0.29) is 10.6 Å². The summed E-state index contributed by atoms with van der Waals surface area (Å²) in [6.45, 7) is 0. The van der Waals surface area contributed by atoms with Crippen molar-refractivity contribution in [1.82, 2.24) is 10.4 Å². The molecule has 0 aliphatic rings. The number of nitrogens with one attached hydrogen (secondary N) is 1. The molecule has 0 atom stereocenters. The van der Waals surface area contributed by atoms with Gasteiger partial charge in [0.1, 0.15) is 11.5 Å². The minimum atomic E-state index is -1.12. The number of aromatic nitrogens is 1. The quantitative estimate of drug-likeness (QED) is 0.529. The summed E-state index contributed by atoms with van der Waals surface area (Å²) in [6.07, 6.45) is 4.33. The van der Waals surface area contributed by atoms with Gasteiger partial charge in [-0.25, -0.2) is 10.2 Å². The summed E-state index contributed by atoms with van der Waals surface area (Å²) < 4.78 is 5.58. The maximum absolute atomic E-state index is 11.8. The van der Waals surface area contributed by atoms with Crippen LogP contribution >= 0.6 is 11.6 Å². The molecule has 2 aromatic heterocycles. The highest BCUT2D eigenvalue weighted by Crippen LogP contribution is 2.26. The van der Waals surface area contributed by atoms with Crippen molar-refractivity contribution >= 4 is 29.7 Å². The smallest absolute Gasteiger partial charge is 0.337 e. The summed E-state index contributed by atoms with van der Waals surface area (Å²) in [7, 11) is 0. The lowest BCUT2D eigenvalue weighted by Crippen LogP contribution is -2.17. The Balaban J connectivity index is 1.71. The molecule has 8 heteroatoms. The molecule has 0 saturated heterocycles. The first-order chi connectivity index (χ1) is 12.5. The van der Waals surface area contributed by atoms with Crippen molar-refractivity contribution in [2.75, 3.05) is 0 Å². The Morgan fingerprint density at radius 3 is 2.81 bits per heavy atom. The molecule has 0 fully saturated rings. The molecule has 0 aliphatic carbocycles. The van der Waals surface area contributed by atoms with Gasteiger partial charge in [0.05, 0.1) is 22.4 Å². The number of hydrogen-bond acceptors (Lipinski definition) is 5. The van der Waals surface area contributed by atoms with Crippen LogP contribution < -0.4 is 5.43 Å². The van der Waals surface area contributed by atoms with E-state index in [4.69, 9.17) is 21.1 Å². The average molecular weight is 370 g/mol. The van der Waals surface area contributed by atoms with E-state index in [1.54, 1.807) is 36.5 Å². The molecule has 130 valence electrons. The highest BCUT2D eigenvalue weighted by molar-refractivity contribution is 6.33. The minimum Gasteiger partial charge on any atom is -0.478 e.